The number of phenolic OH excluding ortho intramolecular Hbond substituents is 2. The Balaban J connectivity index is 3.38. The van der Waals surface area contributed by atoms with Crippen LogP contribution in [0.4, 0.5) is 0 Å². The number of carbonyl (C=O) groups excluding carboxylic acids is 2. The van der Waals surface area contributed by atoms with E-state index in [2.05, 4.69) is 4.74 Å². The van der Waals surface area contributed by atoms with Crippen molar-refractivity contribution in [1.29, 1.82) is 0 Å². The Morgan fingerprint density at radius 1 is 1.25 bits per heavy atom. The summed E-state index contributed by atoms with van der Waals surface area (Å²) < 4.78 is 29.0. The molecule has 2 N–H and O–H groups in total. The zero-order valence-electron chi connectivity index (χ0n) is 10.7. The van der Waals surface area contributed by atoms with Crippen LogP contribution in [-0.4, -0.2) is 48.5 Å². The van der Waals surface area contributed by atoms with Gasteiger partial charge >= 0.3 is 5.97 Å². The van der Waals surface area contributed by atoms with Gasteiger partial charge in [0, 0.05) is 6.92 Å². The molecule has 20 heavy (non-hydrogen) atoms. The van der Waals surface area contributed by atoms with Crippen LogP contribution in [0.3, 0.4) is 0 Å². The van der Waals surface area contributed by atoms with Gasteiger partial charge in [-0.05, 0) is 12.1 Å². The Labute approximate surface area is 115 Å². The Morgan fingerprint density at radius 2 is 1.75 bits per heavy atom. The lowest BCUT2D eigenvalue weighted by Gasteiger charge is -2.20. The van der Waals surface area contributed by atoms with Crippen LogP contribution in [0.2, 0.25) is 0 Å². The first-order valence-corrected chi connectivity index (χ1v) is 6.77. The number of methoxy groups -OCH3 is 1. The van der Waals surface area contributed by atoms with Crippen LogP contribution >= 0.6 is 0 Å². The van der Waals surface area contributed by atoms with Crippen molar-refractivity contribution in [3.63, 3.8) is 0 Å². The molecule has 0 aromatic heterocycles. The standard InChI is InChI=1S/C11H13NO7S/c1-7(13)12(6-10(16)19-2)20(17,18)11-8(14)4-3-5-9(11)15/h3-5,14-15H,6H2,1-2H3. The van der Waals surface area contributed by atoms with Gasteiger partial charge in [0.15, 0.2) is 4.90 Å². The minimum Gasteiger partial charge on any atom is -0.506 e. The van der Waals surface area contributed by atoms with Crippen molar-refractivity contribution in [2.45, 2.75) is 11.8 Å². The van der Waals surface area contributed by atoms with Crippen molar-refractivity contribution < 1.29 is 33.0 Å². The SMILES string of the molecule is COC(=O)CN(C(C)=O)S(=O)(=O)c1c(O)cccc1O. The molecule has 0 aliphatic carbocycles. The molecule has 0 spiro atoms. The fraction of sp³-hybridized carbons (Fsp3) is 0.273. The molecular weight excluding hydrogens is 290 g/mol. The van der Waals surface area contributed by atoms with Gasteiger partial charge in [-0.2, -0.15) is 0 Å². The number of sulfonamides is 1. The number of hydrogen-bond donors (Lipinski definition) is 2. The molecule has 1 amide bonds. The maximum absolute atomic E-state index is 12.2. The van der Waals surface area contributed by atoms with Crippen LogP contribution in [-0.2, 0) is 24.3 Å². The number of esters is 1. The quantitative estimate of drug-likeness (QED) is 0.739. The number of aromatic hydroxyl groups is 2. The van der Waals surface area contributed by atoms with E-state index in [0.29, 0.717) is 0 Å². The van der Waals surface area contributed by atoms with E-state index in [1.165, 1.54) is 6.07 Å². The van der Waals surface area contributed by atoms with Gasteiger partial charge in [-0.1, -0.05) is 6.07 Å². The molecule has 9 heteroatoms. The summed E-state index contributed by atoms with van der Waals surface area (Å²) in [7, 11) is -3.55. The topological polar surface area (TPSA) is 121 Å². The Morgan fingerprint density at radius 3 is 2.15 bits per heavy atom. The number of hydrogen-bond acceptors (Lipinski definition) is 7. The maximum atomic E-state index is 12.2. The van der Waals surface area contributed by atoms with E-state index < -0.39 is 44.8 Å². The minimum absolute atomic E-state index is 0.202. The second-order valence-electron chi connectivity index (χ2n) is 3.73. The highest BCUT2D eigenvalue weighted by molar-refractivity contribution is 7.90. The normalized spacial score (nSPS) is 10.9. The van der Waals surface area contributed by atoms with Gasteiger partial charge in [0.05, 0.1) is 7.11 Å². The molecule has 0 unspecified atom stereocenters. The molecule has 0 bridgehead atoms. The van der Waals surface area contributed by atoms with Crippen molar-refractivity contribution in [2.24, 2.45) is 0 Å². The zero-order chi connectivity index (χ0) is 15.5. The summed E-state index contributed by atoms with van der Waals surface area (Å²) in [5, 5.41) is 19.1. The molecule has 1 rings (SSSR count). The molecule has 8 nitrogen and oxygen atoms in total. The van der Waals surface area contributed by atoms with E-state index >= 15 is 0 Å². The van der Waals surface area contributed by atoms with E-state index in [4.69, 9.17) is 0 Å². The second kappa shape index (κ2) is 5.78. The molecule has 0 saturated heterocycles. The Kier molecular flexibility index (Phi) is 4.56. The first-order valence-electron chi connectivity index (χ1n) is 5.33. The van der Waals surface area contributed by atoms with E-state index in [-0.39, 0.29) is 4.31 Å². The third-order valence-electron chi connectivity index (χ3n) is 2.37. The van der Waals surface area contributed by atoms with Gasteiger partial charge in [0.2, 0.25) is 5.91 Å². The summed E-state index contributed by atoms with van der Waals surface area (Å²) in [6.45, 7) is 0.0689. The van der Waals surface area contributed by atoms with Crippen molar-refractivity contribution >= 4 is 21.9 Å². The molecule has 0 aliphatic rings. The van der Waals surface area contributed by atoms with Gasteiger partial charge in [-0.15, -0.1) is 0 Å². The van der Waals surface area contributed by atoms with E-state index in [1.54, 1.807) is 0 Å². The summed E-state index contributed by atoms with van der Waals surface area (Å²) in [4.78, 5) is 21.7. The predicted molar refractivity (Wildman–Crippen MR) is 66.4 cm³/mol. The number of amides is 1. The van der Waals surface area contributed by atoms with Crippen molar-refractivity contribution in [3.8, 4) is 11.5 Å². The zero-order valence-corrected chi connectivity index (χ0v) is 11.5. The number of nitrogens with zero attached hydrogens (tertiary/aromatic N) is 1. The van der Waals surface area contributed by atoms with Gasteiger partial charge in [0.25, 0.3) is 10.0 Å². The summed E-state index contributed by atoms with van der Waals surface area (Å²) in [5.41, 5.74) is 0. The third kappa shape index (κ3) is 2.99. The second-order valence-corrected chi connectivity index (χ2v) is 5.53. The molecule has 1 aromatic carbocycles. The maximum Gasteiger partial charge on any atom is 0.326 e. The number of benzene rings is 1. The summed E-state index contributed by atoms with van der Waals surface area (Å²) in [6, 6.07) is 3.29. The van der Waals surface area contributed by atoms with Crippen molar-refractivity contribution in [3.05, 3.63) is 18.2 Å². The van der Waals surface area contributed by atoms with Crippen LogP contribution in [0.1, 0.15) is 6.92 Å². The van der Waals surface area contributed by atoms with E-state index in [9.17, 15) is 28.2 Å². The molecule has 0 aliphatic heterocycles. The number of phenols is 2. The van der Waals surface area contributed by atoms with Crippen molar-refractivity contribution in [2.75, 3.05) is 13.7 Å². The van der Waals surface area contributed by atoms with E-state index in [1.807, 2.05) is 0 Å². The number of carbonyl (C=O) groups is 2. The molecule has 0 fully saturated rings. The van der Waals surface area contributed by atoms with E-state index in [0.717, 1.165) is 26.2 Å². The lowest BCUT2D eigenvalue weighted by atomic mass is 10.3. The minimum atomic E-state index is -4.58. The third-order valence-corrected chi connectivity index (χ3v) is 4.27. The average Bonchev–Trinajstić information content (AvgIpc) is 2.34. The highest BCUT2D eigenvalue weighted by Crippen LogP contribution is 2.33. The smallest absolute Gasteiger partial charge is 0.326 e. The molecule has 0 atom stereocenters. The highest BCUT2D eigenvalue weighted by atomic mass is 32.2. The van der Waals surface area contributed by atoms with Gasteiger partial charge in [-0.25, -0.2) is 12.7 Å². The number of ether oxygens (including phenoxy) is 1. The molecular formula is C11H13NO7S. The summed E-state index contributed by atoms with van der Waals surface area (Å²) in [5.74, 6) is -3.39. The van der Waals surface area contributed by atoms with Crippen LogP contribution in [0, 0.1) is 0 Å². The van der Waals surface area contributed by atoms with Crippen LogP contribution in [0.25, 0.3) is 0 Å². The Bertz CT molecular complexity index is 618. The van der Waals surface area contributed by atoms with Crippen molar-refractivity contribution in [1.82, 2.24) is 4.31 Å². The van der Waals surface area contributed by atoms with Crippen LogP contribution in [0.15, 0.2) is 23.1 Å². The van der Waals surface area contributed by atoms with Gasteiger partial charge in [-0.3, -0.25) is 9.59 Å². The average molecular weight is 303 g/mol. The number of rotatable bonds is 4. The van der Waals surface area contributed by atoms with Crippen LogP contribution < -0.4 is 0 Å². The lowest BCUT2D eigenvalue weighted by Crippen LogP contribution is -2.39. The monoisotopic (exact) mass is 303 g/mol. The largest absolute Gasteiger partial charge is 0.506 e. The molecule has 110 valence electrons. The molecule has 0 saturated carbocycles. The molecule has 0 heterocycles. The first-order chi connectivity index (χ1) is 9.21. The fourth-order valence-electron chi connectivity index (χ4n) is 1.43. The molecule has 0 radical (unpaired) electrons. The van der Waals surface area contributed by atoms with Gasteiger partial charge < -0.3 is 14.9 Å². The highest BCUT2D eigenvalue weighted by Gasteiger charge is 2.33. The summed E-state index contributed by atoms with van der Waals surface area (Å²) >= 11 is 0. The van der Waals surface area contributed by atoms with Crippen LogP contribution in [0.5, 0.6) is 11.5 Å². The fourth-order valence-corrected chi connectivity index (χ4v) is 2.93. The Hall–Kier alpha value is -2.29. The predicted octanol–water partition coefficient (Wildman–Crippen LogP) is -0.192. The lowest BCUT2D eigenvalue weighted by molar-refractivity contribution is -0.143. The van der Waals surface area contributed by atoms with Gasteiger partial charge in [0.1, 0.15) is 18.0 Å². The first kappa shape index (κ1) is 15.8. The summed E-state index contributed by atoms with van der Waals surface area (Å²) in [6.07, 6.45) is 0. The molecule has 1 aromatic rings.